The highest BCUT2D eigenvalue weighted by Gasteiger charge is 2.07. The highest BCUT2D eigenvalue weighted by molar-refractivity contribution is 9.11. The molecule has 0 spiro atoms. The van der Waals surface area contributed by atoms with E-state index in [4.69, 9.17) is 5.73 Å². The average Bonchev–Trinajstić information content (AvgIpc) is 2.47. The van der Waals surface area contributed by atoms with Gasteiger partial charge in [-0.1, -0.05) is 0 Å². The number of thiophene rings is 1. The number of amides is 3. The molecule has 0 saturated heterocycles. The number of carbonyl (C=O) groups is 2. The second-order valence-corrected chi connectivity index (χ2v) is 4.37. The van der Waals surface area contributed by atoms with Crippen molar-refractivity contribution in [2.75, 3.05) is 0 Å². The van der Waals surface area contributed by atoms with Gasteiger partial charge in [0, 0.05) is 5.38 Å². The maximum atomic E-state index is 11.2. The molecule has 0 aromatic carbocycles. The van der Waals surface area contributed by atoms with Crippen molar-refractivity contribution in [1.29, 1.82) is 0 Å². The van der Waals surface area contributed by atoms with Crippen LogP contribution in [0.25, 0.3) is 0 Å². The van der Waals surface area contributed by atoms with Gasteiger partial charge in [0.2, 0.25) is 0 Å². The Bertz CT molecular complexity index is 338. The minimum Gasteiger partial charge on any atom is -0.350 e. The Hall–Kier alpha value is -1.08. The molecule has 5 nitrogen and oxygen atoms in total. The molecular weight excluding hydrogens is 258 g/mol. The fraction of sp³-hybridized carbons (Fsp3) is 0. The van der Waals surface area contributed by atoms with Crippen molar-refractivity contribution >= 4 is 39.2 Å². The number of nitrogens with one attached hydrogen (secondary N) is 2. The highest BCUT2D eigenvalue weighted by Crippen LogP contribution is 2.20. The predicted octanol–water partition coefficient (Wildman–Crippen LogP) is 0.824. The minimum atomic E-state index is -0.803. The zero-order chi connectivity index (χ0) is 9.84. The van der Waals surface area contributed by atoms with Crippen molar-refractivity contribution in [3.05, 3.63) is 20.8 Å². The first-order valence-corrected chi connectivity index (χ1v) is 4.86. The zero-order valence-corrected chi connectivity index (χ0v) is 8.74. The largest absolute Gasteiger partial charge is 0.350 e. The highest BCUT2D eigenvalue weighted by atomic mass is 79.9. The Kier molecular flexibility index (Phi) is 3.26. The normalized spacial score (nSPS) is 9.31. The van der Waals surface area contributed by atoms with Crippen LogP contribution in [-0.2, 0) is 0 Å². The summed E-state index contributed by atoms with van der Waals surface area (Å²) in [7, 11) is 0. The van der Waals surface area contributed by atoms with E-state index in [0.29, 0.717) is 5.56 Å². The van der Waals surface area contributed by atoms with Crippen LogP contribution in [-0.4, -0.2) is 11.9 Å². The van der Waals surface area contributed by atoms with Crippen LogP contribution in [0.3, 0.4) is 0 Å². The Labute approximate surface area is 86.4 Å². The molecule has 0 unspecified atom stereocenters. The molecule has 1 aromatic rings. The number of nitrogens with two attached hydrogens (primary N) is 1. The molecule has 7 heteroatoms. The van der Waals surface area contributed by atoms with Gasteiger partial charge < -0.3 is 5.73 Å². The molecule has 1 heterocycles. The number of hydrazine groups is 1. The lowest BCUT2D eigenvalue weighted by Gasteiger charge is -2.01. The van der Waals surface area contributed by atoms with E-state index < -0.39 is 11.9 Å². The van der Waals surface area contributed by atoms with Crippen LogP contribution < -0.4 is 16.6 Å². The first-order valence-electron chi connectivity index (χ1n) is 3.19. The molecule has 4 N–H and O–H groups in total. The van der Waals surface area contributed by atoms with Crippen molar-refractivity contribution in [2.24, 2.45) is 5.73 Å². The van der Waals surface area contributed by atoms with Crippen LogP contribution in [0, 0.1) is 0 Å². The first kappa shape index (κ1) is 10.0. The third-order valence-corrected chi connectivity index (χ3v) is 2.63. The fourth-order valence-corrected chi connectivity index (χ4v) is 1.76. The van der Waals surface area contributed by atoms with Gasteiger partial charge in [-0.15, -0.1) is 11.3 Å². The summed E-state index contributed by atoms with van der Waals surface area (Å²) >= 11 is 4.59. The summed E-state index contributed by atoms with van der Waals surface area (Å²) in [6, 6.07) is 0.838. The quantitative estimate of drug-likeness (QED) is 0.656. The van der Waals surface area contributed by atoms with Gasteiger partial charge in [-0.3, -0.25) is 10.2 Å². The van der Waals surface area contributed by atoms with Crippen LogP contribution in [0.2, 0.25) is 0 Å². The van der Waals surface area contributed by atoms with E-state index in [1.54, 1.807) is 11.4 Å². The molecule has 0 aliphatic carbocycles. The average molecular weight is 264 g/mol. The molecule has 13 heavy (non-hydrogen) atoms. The minimum absolute atomic E-state index is 0.402. The maximum absolute atomic E-state index is 11.2. The predicted molar refractivity (Wildman–Crippen MR) is 52.2 cm³/mol. The third kappa shape index (κ3) is 3.03. The maximum Gasteiger partial charge on any atom is 0.330 e. The zero-order valence-electron chi connectivity index (χ0n) is 6.33. The Morgan fingerprint density at radius 1 is 1.46 bits per heavy atom. The molecule has 0 atom stereocenters. The van der Waals surface area contributed by atoms with E-state index in [0.717, 1.165) is 3.79 Å². The van der Waals surface area contributed by atoms with Crippen LogP contribution in [0.15, 0.2) is 15.2 Å². The SMILES string of the molecule is NC(=O)NNC(=O)c1csc(Br)c1. The van der Waals surface area contributed by atoms with E-state index >= 15 is 0 Å². The molecular formula is C6H6BrN3O2S. The lowest BCUT2D eigenvalue weighted by atomic mass is 10.3. The molecule has 0 saturated carbocycles. The number of primary amides is 1. The summed E-state index contributed by atoms with van der Waals surface area (Å²) < 4.78 is 0.844. The van der Waals surface area contributed by atoms with Gasteiger partial charge >= 0.3 is 6.03 Å². The van der Waals surface area contributed by atoms with Gasteiger partial charge in [0.15, 0.2) is 0 Å². The van der Waals surface area contributed by atoms with Crippen molar-refractivity contribution < 1.29 is 9.59 Å². The molecule has 0 fully saturated rings. The van der Waals surface area contributed by atoms with Crippen LogP contribution >= 0.6 is 27.3 Å². The lowest BCUT2D eigenvalue weighted by molar-refractivity contribution is 0.0938. The van der Waals surface area contributed by atoms with Gasteiger partial charge in [0.1, 0.15) is 0 Å². The van der Waals surface area contributed by atoms with E-state index in [9.17, 15) is 9.59 Å². The van der Waals surface area contributed by atoms with Crippen LogP contribution in [0.1, 0.15) is 10.4 Å². The van der Waals surface area contributed by atoms with Gasteiger partial charge in [-0.05, 0) is 22.0 Å². The van der Waals surface area contributed by atoms with E-state index in [1.807, 2.05) is 5.43 Å². The molecule has 0 bridgehead atoms. The van der Waals surface area contributed by atoms with Gasteiger partial charge in [-0.25, -0.2) is 10.2 Å². The number of hydrogen-bond acceptors (Lipinski definition) is 3. The van der Waals surface area contributed by atoms with Crippen molar-refractivity contribution in [3.8, 4) is 0 Å². The summed E-state index contributed by atoms with van der Waals surface area (Å²) in [6.45, 7) is 0. The van der Waals surface area contributed by atoms with Crippen molar-refractivity contribution in [3.63, 3.8) is 0 Å². The lowest BCUT2D eigenvalue weighted by Crippen LogP contribution is -2.44. The molecule has 0 radical (unpaired) electrons. The summed E-state index contributed by atoms with van der Waals surface area (Å²) in [5, 5.41) is 1.65. The van der Waals surface area contributed by atoms with Crippen LogP contribution in [0.4, 0.5) is 4.79 Å². The molecule has 3 amide bonds. The number of hydrogen-bond donors (Lipinski definition) is 3. The topological polar surface area (TPSA) is 84.2 Å². The summed E-state index contributed by atoms with van der Waals surface area (Å²) in [4.78, 5) is 21.4. The van der Waals surface area contributed by atoms with E-state index in [-0.39, 0.29) is 0 Å². The number of rotatable bonds is 1. The summed E-state index contributed by atoms with van der Waals surface area (Å²) in [5.74, 6) is -0.402. The van der Waals surface area contributed by atoms with E-state index in [1.165, 1.54) is 11.3 Å². The molecule has 1 rings (SSSR count). The Balaban J connectivity index is 2.54. The van der Waals surface area contributed by atoms with Gasteiger partial charge in [0.05, 0.1) is 9.35 Å². The Morgan fingerprint density at radius 2 is 2.15 bits per heavy atom. The number of urea groups is 1. The monoisotopic (exact) mass is 263 g/mol. The molecule has 1 aromatic heterocycles. The van der Waals surface area contributed by atoms with Crippen LogP contribution in [0.5, 0.6) is 0 Å². The standard InChI is InChI=1S/C6H6BrN3O2S/c7-4-1-3(2-13-4)5(11)9-10-6(8)12/h1-2H,(H,9,11)(H3,8,10,12). The summed E-state index contributed by atoms with van der Waals surface area (Å²) in [5.41, 5.74) is 9.33. The molecule has 70 valence electrons. The molecule has 0 aliphatic rings. The summed E-state index contributed by atoms with van der Waals surface area (Å²) in [6.07, 6.45) is 0. The second kappa shape index (κ2) is 4.24. The first-order chi connectivity index (χ1) is 6.09. The number of carbonyl (C=O) groups excluding carboxylic acids is 2. The van der Waals surface area contributed by atoms with E-state index in [2.05, 4.69) is 21.4 Å². The second-order valence-electron chi connectivity index (χ2n) is 2.08. The fourth-order valence-electron chi connectivity index (χ4n) is 0.620. The number of halogens is 1. The van der Waals surface area contributed by atoms with Crippen molar-refractivity contribution in [2.45, 2.75) is 0 Å². The van der Waals surface area contributed by atoms with Gasteiger partial charge in [-0.2, -0.15) is 0 Å². The van der Waals surface area contributed by atoms with Gasteiger partial charge in [0.25, 0.3) is 5.91 Å². The Morgan fingerprint density at radius 3 is 2.62 bits per heavy atom. The molecule has 0 aliphatic heterocycles. The third-order valence-electron chi connectivity index (χ3n) is 1.13. The smallest absolute Gasteiger partial charge is 0.330 e. The van der Waals surface area contributed by atoms with Crippen molar-refractivity contribution in [1.82, 2.24) is 10.9 Å².